The van der Waals surface area contributed by atoms with Crippen molar-refractivity contribution in [2.45, 2.75) is 6.92 Å². The Balaban J connectivity index is 3.31. The predicted octanol–water partition coefficient (Wildman–Crippen LogP) is 0.739. The van der Waals surface area contributed by atoms with Crippen LogP contribution in [0.25, 0.3) is 0 Å². The van der Waals surface area contributed by atoms with E-state index < -0.39 is 5.97 Å². The summed E-state index contributed by atoms with van der Waals surface area (Å²) in [7, 11) is 0. The zero-order valence-corrected chi connectivity index (χ0v) is 5.26. The quantitative estimate of drug-likeness (QED) is 0.235. The van der Waals surface area contributed by atoms with Gasteiger partial charge in [0.05, 0.1) is 0 Å². The molecule has 9 heavy (non-hydrogen) atoms. The number of hydrogen-bond acceptors (Lipinski definition) is 2. The third-order valence-electron chi connectivity index (χ3n) is 0.664. The van der Waals surface area contributed by atoms with Gasteiger partial charge >= 0.3 is 5.97 Å². The van der Waals surface area contributed by atoms with Crippen LogP contribution < -0.4 is 0 Å². The molecule has 2 nitrogen and oxygen atoms in total. The highest BCUT2D eigenvalue weighted by Gasteiger charge is 1.89. The highest BCUT2D eigenvalue weighted by atomic mass is 16.5. The molecule has 0 N–H and O–H groups in total. The first-order chi connectivity index (χ1) is 4.31. The van der Waals surface area contributed by atoms with E-state index in [-0.39, 0.29) is 6.61 Å². The van der Waals surface area contributed by atoms with Crippen LogP contribution in [0.2, 0.25) is 0 Å². The molecule has 0 atom stereocenters. The first-order valence-corrected chi connectivity index (χ1v) is 2.55. The van der Waals surface area contributed by atoms with Gasteiger partial charge in [0.2, 0.25) is 0 Å². The Morgan fingerprint density at radius 1 is 1.89 bits per heavy atom. The minimum Gasteiger partial charge on any atom is -0.452 e. The maximum Gasteiger partial charge on any atom is 0.384 e. The van der Waals surface area contributed by atoms with Crippen LogP contribution >= 0.6 is 0 Å². The summed E-state index contributed by atoms with van der Waals surface area (Å²) in [5, 5.41) is 0. The fourth-order valence-electron chi connectivity index (χ4n) is 0.262. The summed E-state index contributed by atoms with van der Waals surface area (Å²) >= 11 is 0. The van der Waals surface area contributed by atoms with Crippen molar-refractivity contribution in [3.63, 3.8) is 0 Å². The van der Waals surface area contributed by atoms with Gasteiger partial charge in [0.25, 0.3) is 0 Å². The average molecular weight is 124 g/mol. The van der Waals surface area contributed by atoms with Crippen molar-refractivity contribution >= 4 is 5.97 Å². The Bertz CT molecular complexity index is 151. The highest BCUT2D eigenvalue weighted by Crippen LogP contribution is 1.76. The number of carbonyl (C=O) groups is 1. The molecule has 0 radical (unpaired) electrons. The molecule has 0 aromatic heterocycles. The number of rotatable bonds is 2. The van der Waals surface area contributed by atoms with Crippen LogP contribution in [0.15, 0.2) is 12.2 Å². The molecule has 0 spiro atoms. The summed E-state index contributed by atoms with van der Waals surface area (Å²) in [6, 6.07) is 0. The van der Waals surface area contributed by atoms with Gasteiger partial charge in [-0.25, -0.2) is 4.79 Å². The van der Waals surface area contributed by atoms with E-state index in [4.69, 9.17) is 6.42 Å². The summed E-state index contributed by atoms with van der Waals surface area (Å²) in [6.45, 7) is 2.10. The molecule has 2 heteroatoms. The van der Waals surface area contributed by atoms with Gasteiger partial charge in [0, 0.05) is 5.92 Å². The third kappa shape index (κ3) is 4.63. The molecule has 0 saturated carbocycles. The topological polar surface area (TPSA) is 26.3 Å². The molecule has 0 rings (SSSR count). The second kappa shape index (κ2) is 4.92. The molecule has 0 aliphatic rings. The molecule has 0 aliphatic heterocycles. The first kappa shape index (κ1) is 7.77. The van der Waals surface area contributed by atoms with E-state index in [1.807, 2.05) is 12.8 Å². The zero-order valence-electron chi connectivity index (χ0n) is 5.26. The third-order valence-corrected chi connectivity index (χ3v) is 0.664. The van der Waals surface area contributed by atoms with Crippen LogP contribution in [0, 0.1) is 12.3 Å². The van der Waals surface area contributed by atoms with Gasteiger partial charge in [-0.2, -0.15) is 0 Å². The molecule has 0 unspecified atom stereocenters. The number of terminal acetylenes is 1. The number of hydrogen-bond donors (Lipinski definition) is 0. The van der Waals surface area contributed by atoms with Crippen LogP contribution in [-0.4, -0.2) is 12.6 Å². The second-order valence-corrected chi connectivity index (χ2v) is 1.31. The van der Waals surface area contributed by atoms with Gasteiger partial charge in [0.1, 0.15) is 6.61 Å². The number of carbonyl (C=O) groups excluding carboxylic acids is 1. The lowest BCUT2D eigenvalue weighted by Crippen LogP contribution is -1.99. The van der Waals surface area contributed by atoms with Crippen LogP contribution in [0.1, 0.15) is 6.92 Å². The Morgan fingerprint density at radius 2 is 2.56 bits per heavy atom. The second-order valence-electron chi connectivity index (χ2n) is 1.31. The van der Waals surface area contributed by atoms with Gasteiger partial charge in [-0.05, 0) is 6.92 Å². The van der Waals surface area contributed by atoms with E-state index in [1.54, 1.807) is 12.2 Å². The molecule has 48 valence electrons. The number of ether oxygens (including phenoxy) is 1. The molecule has 0 aliphatic carbocycles. The summed E-state index contributed by atoms with van der Waals surface area (Å²) in [6.07, 6.45) is 8.19. The lowest BCUT2D eigenvalue weighted by molar-refractivity contribution is -0.135. The van der Waals surface area contributed by atoms with Gasteiger partial charge in [-0.15, -0.1) is 6.42 Å². The number of allylic oxidation sites excluding steroid dienone is 1. The fourth-order valence-corrected chi connectivity index (χ4v) is 0.262. The molecule has 0 fully saturated rings. The van der Waals surface area contributed by atoms with E-state index in [0.717, 1.165) is 0 Å². The molecular formula is C7H8O2. The number of esters is 1. The van der Waals surface area contributed by atoms with Crippen LogP contribution in [0.3, 0.4) is 0 Å². The van der Waals surface area contributed by atoms with Crippen LogP contribution in [0.4, 0.5) is 0 Å². The maximum absolute atomic E-state index is 10.2. The lowest BCUT2D eigenvalue weighted by Gasteiger charge is -1.91. The Kier molecular flexibility index (Phi) is 4.25. The minimum absolute atomic E-state index is 0.263. The van der Waals surface area contributed by atoms with Gasteiger partial charge < -0.3 is 4.74 Å². The van der Waals surface area contributed by atoms with Crippen molar-refractivity contribution in [3.05, 3.63) is 12.2 Å². The summed E-state index contributed by atoms with van der Waals surface area (Å²) < 4.78 is 4.47. The van der Waals surface area contributed by atoms with Crippen molar-refractivity contribution < 1.29 is 9.53 Å². The molecular weight excluding hydrogens is 116 g/mol. The smallest absolute Gasteiger partial charge is 0.384 e. The summed E-state index contributed by atoms with van der Waals surface area (Å²) in [4.78, 5) is 10.2. The molecule has 0 amide bonds. The van der Waals surface area contributed by atoms with E-state index in [0.29, 0.717) is 0 Å². The molecule has 0 saturated heterocycles. The molecule has 0 aromatic carbocycles. The first-order valence-electron chi connectivity index (χ1n) is 2.55. The Hall–Kier alpha value is -1.23. The summed E-state index contributed by atoms with van der Waals surface area (Å²) in [5.41, 5.74) is 0. The zero-order chi connectivity index (χ0) is 7.11. The van der Waals surface area contributed by atoms with E-state index in [2.05, 4.69) is 4.74 Å². The Morgan fingerprint density at radius 3 is 3.00 bits per heavy atom. The van der Waals surface area contributed by atoms with Crippen molar-refractivity contribution in [1.82, 2.24) is 0 Å². The lowest BCUT2D eigenvalue weighted by atomic mass is 10.5. The fraction of sp³-hybridized carbons (Fsp3) is 0.286. The van der Waals surface area contributed by atoms with E-state index in [9.17, 15) is 4.79 Å². The summed E-state index contributed by atoms with van der Waals surface area (Å²) in [5.74, 6) is 1.21. The van der Waals surface area contributed by atoms with E-state index in [1.165, 1.54) is 0 Å². The maximum atomic E-state index is 10.2. The Labute approximate surface area is 54.5 Å². The molecule has 0 aromatic rings. The minimum atomic E-state index is -0.617. The monoisotopic (exact) mass is 124 g/mol. The molecule has 0 bridgehead atoms. The van der Waals surface area contributed by atoms with Crippen molar-refractivity contribution in [2.75, 3.05) is 6.61 Å². The van der Waals surface area contributed by atoms with Gasteiger partial charge in [-0.1, -0.05) is 12.2 Å². The normalized spacial score (nSPS) is 8.89. The standard InChI is InChI=1S/C7H8O2/c1-3-5-6-9-7(8)4-2/h2-3,5H,6H2,1H3/b5-3+. The van der Waals surface area contributed by atoms with Crippen molar-refractivity contribution in [3.8, 4) is 12.3 Å². The van der Waals surface area contributed by atoms with Crippen LogP contribution in [-0.2, 0) is 9.53 Å². The van der Waals surface area contributed by atoms with E-state index >= 15 is 0 Å². The largest absolute Gasteiger partial charge is 0.452 e. The van der Waals surface area contributed by atoms with Crippen molar-refractivity contribution in [1.29, 1.82) is 0 Å². The van der Waals surface area contributed by atoms with Gasteiger partial charge in [0.15, 0.2) is 0 Å². The highest BCUT2D eigenvalue weighted by molar-refractivity contribution is 5.87. The average Bonchev–Trinajstić information content (AvgIpc) is 1.89. The SMILES string of the molecule is C#CC(=O)OC/C=C/C. The molecule has 0 heterocycles. The van der Waals surface area contributed by atoms with Crippen LogP contribution in [0.5, 0.6) is 0 Å². The van der Waals surface area contributed by atoms with Crippen molar-refractivity contribution in [2.24, 2.45) is 0 Å². The van der Waals surface area contributed by atoms with Gasteiger partial charge in [-0.3, -0.25) is 0 Å². The predicted molar refractivity (Wildman–Crippen MR) is 34.6 cm³/mol.